The van der Waals surface area contributed by atoms with Crippen LogP contribution in [0.5, 0.6) is 5.75 Å². The molecule has 1 N–H and O–H groups in total. The zero-order valence-corrected chi connectivity index (χ0v) is 18.1. The molecule has 7 rings (SSSR count). The molecular formula is C23H19F2N5O2S. The second kappa shape index (κ2) is 7.89. The molecule has 2 unspecified atom stereocenters. The number of halogens is 2. The maximum atomic E-state index is 14.7. The molecule has 168 valence electrons. The number of thiazole rings is 1. The average Bonchev–Trinajstić information content (AvgIpc) is 3.49. The topological polar surface area (TPSA) is 76.3 Å². The minimum atomic E-state index is -3.55. The molecule has 2 atom stereocenters. The van der Waals surface area contributed by atoms with Crippen LogP contribution in [0.3, 0.4) is 0 Å². The molecule has 33 heavy (non-hydrogen) atoms. The smallest absolute Gasteiger partial charge is 0.420 e. The molecule has 3 aromatic heterocycles. The number of nitrogens with zero attached hydrogens (tertiary/aromatic N) is 4. The van der Waals surface area contributed by atoms with Crippen LogP contribution in [0.4, 0.5) is 14.8 Å². The number of oxazole rings is 1. The second-order valence-electron chi connectivity index (χ2n) is 8.11. The van der Waals surface area contributed by atoms with Gasteiger partial charge in [-0.2, -0.15) is 13.8 Å². The number of fused-ring (bicyclic) bond motifs is 3. The van der Waals surface area contributed by atoms with Crippen molar-refractivity contribution in [2.45, 2.75) is 24.6 Å². The number of alkyl halides is 2. The maximum absolute atomic E-state index is 14.7. The number of aromatic nitrogens is 3. The number of piperazine rings is 1. The summed E-state index contributed by atoms with van der Waals surface area (Å²) in [4.78, 5) is 14.9. The SMILES string of the molecule is FC(F)(C=Cc1cccnc1)Oc1ccc(-c2nccs2)c2oc(N3CC4CC(C3)N4)nc12. The lowest BCUT2D eigenvalue weighted by atomic mass is 9.92. The van der Waals surface area contributed by atoms with E-state index < -0.39 is 6.11 Å². The fraction of sp³-hybridized carbons (Fsp3) is 0.261. The van der Waals surface area contributed by atoms with Gasteiger partial charge in [-0.3, -0.25) is 4.98 Å². The first-order chi connectivity index (χ1) is 16.0. The molecule has 0 aliphatic carbocycles. The van der Waals surface area contributed by atoms with Crippen molar-refractivity contribution < 1.29 is 17.9 Å². The van der Waals surface area contributed by atoms with E-state index in [0.29, 0.717) is 40.9 Å². The van der Waals surface area contributed by atoms with Gasteiger partial charge in [-0.05, 0) is 36.3 Å². The number of nitrogens with one attached hydrogen (secondary N) is 1. The van der Waals surface area contributed by atoms with Gasteiger partial charge >= 0.3 is 6.11 Å². The summed E-state index contributed by atoms with van der Waals surface area (Å²) >= 11 is 1.44. The first-order valence-electron chi connectivity index (χ1n) is 10.5. The molecule has 3 aliphatic heterocycles. The average molecular weight is 468 g/mol. The summed E-state index contributed by atoms with van der Waals surface area (Å²) < 4.78 is 40.6. The predicted octanol–water partition coefficient (Wildman–Crippen LogP) is 4.58. The number of anilines is 1. The van der Waals surface area contributed by atoms with E-state index in [1.807, 2.05) is 10.3 Å². The second-order valence-corrected chi connectivity index (χ2v) is 9.00. The molecule has 0 amide bonds. The van der Waals surface area contributed by atoms with E-state index in [0.717, 1.165) is 24.5 Å². The van der Waals surface area contributed by atoms with E-state index >= 15 is 0 Å². The van der Waals surface area contributed by atoms with Crippen molar-refractivity contribution in [1.82, 2.24) is 20.3 Å². The number of piperidine rings is 1. The van der Waals surface area contributed by atoms with Gasteiger partial charge in [0.05, 0.1) is 5.56 Å². The van der Waals surface area contributed by atoms with Crippen molar-refractivity contribution in [3.63, 3.8) is 0 Å². The number of pyridine rings is 1. The Labute approximate surface area is 191 Å². The molecule has 10 heteroatoms. The number of benzene rings is 1. The highest BCUT2D eigenvalue weighted by molar-refractivity contribution is 7.13. The lowest BCUT2D eigenvalue weighted by Gasteiger charge is -2.47. The summed E-state index contributed by atoms with van der Waals surface area (Å²) in [6.07, 6.45) is 4.32. The van der Waals surface area contributed by atoms with E-state index in [-0.39, 0.29) is 11.3 Å². The van der Waals surface area contributed by atoms with Crippen LogP contribution < -0.4 is 15.0 Å². The Hall–Kier alpha value is -3.37. The quantitative estimate of drug-likeness (QED) is 0.445. The zero-order chi connectivity index (χ0) is 22.4. The van der Waals surface area contributed by atoms with Crippen LogP contribution in [-0.4, -0.2) is 46.2 Å². The molecule has 3 saturated heterocycles. The largest absolute Gasteiger partial charge is 0.427 e. The predicted molar refractivity (Wildman–Crippen MR) is 122 cm³/mol. The highest BCUT2D eigenvalue weighted by Crippen LogP contribution is 2.40. The van der Waals surface area contributed by atoms with Crippen LogP contribution in [-0.2, 0) is 0 Å². The number of rotatable bonds is 6. The minimum absolute atomic E-state index is 0.0542. The summed E-state index contributed by atoms with van der Waals surface area (Å²) in [6.45, 7) is 1.52. The van der Waals surface area contributed by atoms with Crippen molar-refractivity contribution >= 4 is 34.5 Å². The van der Waals surface area contributed by atoms with Gasteiger partial charge in [-0.1, -0.05) is 6.07 Å². The normalized spacial score (nSPS) is 20.4. The standard InChI is InChI=1S/C23H19F2N5O2S/c24-23(25,6-5-14-2-1-7-26-11-14)32-18-4-3-17(21-27-8-9-33-21)20-19(18)29-22(31-20)30-12-15-10-16(13-30)28-15/h1-9,11,15-16,28H,10,12-13H2. The first kappa shape index (κ1) is 20.3. The molecule has 0 radical (unpaired) electrons. The summed E-state index contributed by atoms with van der Waals surface area (Å²) in [5.74, 6) is -0.0542. The van der Waals surface area contributed by atoms with Gasteiger partial charge in [0, 0.05) is 55.2 Å². The van der Waals surface area contributed by atoms with E-state index in [1.165, 1.54) is 29.7 Å². The van der Waals surface area contributed by atoms with Crippen molar-refractivity contribution in [2.75, 3.05) is 18.0 Å². The summed E-state index contributed by atoms with van der Waals surface area (Å²) in [7, 11) is 0. The maximum Gasteiger partial charge on any atom is 0.420 e. The molecular weight excluding hydrogens is 448 g/mol. The lowest BCUT2D eigenvalue weighted by molar-refractivity contribution is -0.130. The van der Waals surface area contributed by atoms with Gasteiger partial charge in [0.2, 0.25) is 0 Å². The number of ether oxygens (including phenoxy) is 1. The highest BCUT2D eigenvalue weighted by atomic mass is 32.1. The van der Waals surface area contributed by atoms with Crippen LogP contribution >= 0.6 is 11.3 Å². The van der Waals surface area contributed by atoms with Gasteiger partial charge in [-0.15, -0.1) is 11.3 Å². The minimum Gasteiger partial charge on any atom is -0.427 e. The van der Waals surface area contributed by atoms with Gasteiger partial charge in [0.25, 0.3) is 6.01 Å². The number of hydrogen-bond donors (Lipinski definition) is 1. The third-order valence-corrected chi connectivity index (χ3v) is 6.56. The van der Waals surface area contributed by atoms with Crippen molar-refractivity contribution in [3.05, 3.63) is 59.9 Å². The molecule has 3 fully saturated rings. The summed E-state index contributed by atoms with van der Waals surface area (Å²) in [5, 5.41) is 6.04. The molecule has 2 bridgehead atoms. The van der Waals surface area contributed by atoms with Crippen LogP contribution in [0.1, 0.15) is 12.0 Å². The van der Waals surface area contributed by atoms with Gasteiger partial charge < -0.3 is 19.4 Å². The van der Waals surface area contributed by atoms with Crippen LogP contribution in [0.15, 0.2) is 58.7 Å². The molecule has 0 saturated carbocycles. The molecule has 0 spiro atoms. The van der Waals surface area contributed by atoms with Crippen LogP contribution in [0.2, 0.25) is 0 Å². The first-order valence-corrected chi connectivity index (χ1v) is 11.4. The Morgan fingerprint density at radius 2 is 2.06 bits per heavy atom. The Balaban J connectivity index is 1.36. The fourth-order valence-electron chi connectivity index (χ4n) is 4.23. The Kier molecular flexibility index (Phi) is 4.84. The Morgan fingerprint density at radius 3 is 2.79 bits per heavy atom. The monoisotopic (exact) mass is 467 g/mol. The van der Waals surface area contributed by atoms with Gasteiger partial charge in [-0.25, -0.2) is 4.98 Å². The highest BCUT2D eigenvalue weighted by Gasteiger charge is 2.38. The van der Waals surface area contributed by atoms with Crippen LogP contribution in [0, 0.1) is 0 Å². The van der Waals surface area contributed by atoms with Crippen molar-refractivity contribution in [3.8, 4) is 16.3 Å². The Morgan fingerprint density at radius 1 is 1.21 bits per heavy atom. The van der Waals surface area contributed by atoms with E-state index in [9.17, 15) is 8.78 Å². The summed E-state index contributed by atoms with van der Waals surface area (Å²) in [6, 6.07) is 7.74. The Bertz CT molecular complexity index is 1290. The van der Waals surface area contributed by atoms with E-state index in [1.54, 1.807) is 30.6 Å². The summed E-state index contributed by atoms with van der Waals surface area (Å²) in [5.41, 5.74) is 1.88. The zero-order valence-electron chi connectivity index (χ0n) is 17.3. The molecule has 3 aliphatic rings. The third kappa shape index (κ3) is 3.96. The fourth-order valence-corrected chi connectivity index (χ4v) is 4.89. The molecule has 7 nitrogen and oxygen atoms in total. The molecule has 1 aromatic carbocycles. The number of hydrogen-bond acceptors (Lipinski definition) is 8. The molecule has 6 heterocycles. The van der Waals surface area contributed by atoms with Crippen molar-refractivity contribution in [2.24, 2.45) is 0 Å². The third-order valence-electron chi connectivity index (χ3n) is 5.75. The molecule has 4 aromatic rings. The van der Waals surface area contributed by atoms with Gasteiger partial charge in [0.15, 0.2) is 16.8 Å². The van der Waals surface area contributed by atoms with Gasteiger partial charge in [0.1, 0.15) is 5.01 Å². The van der Waals surface area contributed by atoms with Crippen LogP contribution in [0.25, 0.3) is 27.7 Å². The van der Waals surface area contributed by atoms with E-state index in [4.69, 9.17) is 9.15 Å². The lowest BCUT2D eigenvalue weighted by Crippen LogP contribution is -2.67. The van der Waals surface area contributed by atoms with E-state index in [2.05, 4.69) is 20.3 Å². The van der Waals surface area contributed by atoms with Crippen molar-refractivity contribution in [1.29, 1.82) is 0 Å².